The summed E-state index contributed by atoms with van der Waals surface area (Å²) in [5.74, 6) is 0. The van der Waals surface area contributed by atoms with Crippen molar-refractivity contribution in [1.29, 1.82) is 0 Å². The lowest BCUT2D eigenvalue weighted by molar-refractivity contribution is -0.149. The average Bonchev–Trinajstić information content (AvgIpc) is 2.54. The lowest BCUT2D eigenvalue weighted by Crippen LogP contribution is -2.40. The minimum absolute atomic E-state index is 0.0410. The summed E-state index contributed by atoms with van der Waals surface area (Å²) in [6, 6.07) is 0. The van der Waals surface area contributed by atoms with Gasteiger partial charge in [0.2, 0.25) is 0 Å². The van der Waals surface area contributed by atoms with Crippen molar-refractivity contribution in [2.24, 2.45) is 0 Å². The second-order valence-corrected chi connectivity index (χ2v) is 3.71. The van der Waals surface area contributed by atoms with Gasteiger partial charge in [0.25, 0.3) is 0 Å². The highest BCUT2D eigenvalue weighted by molar-refractivity contribution is 4.72. The fourth-order valence-electron chi connectivity index (χ4n) is 1.71. The van der Waals surface area contributed by atoms with Crippen LogP contribution in [0.25, 0.3) is 0 Å². The van der Waals surface area contributed by atoms with Gasteiger partial charge in [-0.05, 0) is 12.8 Å². The Morgan fingerprint density at radius 1 is 1.40 bits per heavy atom. The Balaban J connectivity index is 2.35. The number of hydrogen-bond donors (Lipinski definition) is 1. The highest BCUT2D eigenvalue weighted by Crippen LogP contribution is 2.19. The highest BCUT2D eigenvalue weighted by Gasteiger charge is 2.32. The van der Waals surface area contributed by atoms with Crippen molar-refractivity contribution in [2.45, 2.75) is 25.1 Å². The lowest BCUT2D eigenvalue weighted by atomic mass is 10.2. The molecule has 1 saturated heterocycles. The summed E-state index contributed by atoms with van der Waals surface area (Å²) in [5.41, 5.74) is 0. The first kappa shape index (κ1) is 12.7. The molecule has 3 nitrogen and oxygen atoms in total. The normalized spacial score (nSPS) is 22.6. The van der Waals surface area contributed by atoms with Gasteiger partial charge in [0.1, 0.15) is 0 Å². The number of ether oxygens (including phenoxy) is 1. The Bertz CT molecular complexity index is 181. The van der Waals surface area contributed by atoms with Gasteiger partial charge < -0.3 is 9.84 Å². The highest BCUT2D eigenvalue weighted by atomic mass is 19.4. The van der Waals surface area contributed by atoms with E-state index in [2.05, 4.69) is 0 Å². The molecule has 0 amide bonds. The molecule has 0 spiro atoms. The van der Waals surface area contributed by atoms with Crippen LogP contribution in [0.1, 0.15) is 12.8 Å². The molecule has 15 heavy (non-hydrogen) atoms. The predicted molar refractivity (Wildman–Crippen MR) is 48.6 cm³/mol. The summed E-state index contributed by atoms with van der Waals surface area (Å²) in [7, 11) is 0. The SMILES string of the molecule is OCCN(CC1CCCO1)CC(F)(F)F. The minimum Gasteiger partial charge on any atom is -0.395 e. The van der Waals surface area contributed by atoms with Gasteiger partial charge in [-0.25, -0.2) is 0 Å². The molecule has 1 N–H and O–H groups in total. The second kappa shape index (κ2) is 5.67. The molecule has 1 unspecified atom stereocenters. The molecule has 1 rings (SSSR count). The van der Waals surface area contributed by atoms with Crippen LogP contribution in [0.15, 0.2) is 0 Å². The van der Waals surface area contributed by atoms with Crippen molar-refractivity contribution in [3.63, 3.8) is 0 Å². The van der Waals surface area contributed by atoms with Gasteiger partial charge in [0, 0.05) is 19.7 Å². The minimum atomic E-state index is -4.21. The van der Waals surface area contributed by atoms with Crippen LogP contribution in [0.4, 0.5) is 13.2 Å². The molecule has 0 aromatic rings. The maximum absolute atomic E-state index is 12.1. The van der Waals surface area contributed by atoms with Crippen LogP contribution in [0, 0.1) is 0 Å². The van der Waals surface area contributed by atoms with E-state index in [1.165, 1.54) is 4.90 Å². The molecule has 1 atom stereocenters. The molecule has 1 heterocycles. The van der Waals surface area contributed by atoms with Gasteiger partial charge in [0.05, 0.1) is 19.3 Å². The van der Waals surface area contributed by atoms with E-state index in [4.69, 9.17) is 9.84 Å². The van der Waals surface area contributed by atoms with Crippen molar-refractivity contribution in [2.75, 3.05) is 32.8 Å². The first-order valence-corrected chi connectivity index (χ1v) is 5.03. The Labute approximate surface area is 86.8 Å². The lowest BCUT2D eigenvalue weighted by Gasteiger charge is -2.25. The molecule has 90 valence electrons. The van der Waals surface area contributed by atoms with E-state index in [0.29, 0.717) is 6.61 Å². The Kier molecular flexibility index (Phi) is 4.82. The summed E-state index contributed by atoms with van der Waals surface area (Å²) >= 11 is 0. The molecule has 0 aromatic carbocycles. The topological polar surface area (TPSA) is 32.7 Å². The first-order chi connectivity index (χ1) is 7.01. The van der Waals surface area contributed by atoms with Crippen LogP contribution in [0.2, 0.25) is 0 Å². The van der Waals surface area contributed by atoms with Crippen molar-refractivity contribution in [3.05, 3.63) is 0 Å². The van der Waals surface area contributed by atoms with Crippen LogP contribution in [-0.2, 0) is 4.74 Å². The van der Waals surface area contributed by atoms with Crippen molar-refractivity contribution < 1.29 is 23.0 Å². The fraction of sp³-hybridized carbons (Fsp3) is 1.00. The van der Waals surface area contributed by atoms with Crippen LogP contribution >= 0.6 is 0 Å². The summed E-state index contributed by atoms with van der Waals surface area (Å²) in [6.45, 7) is -0.320. The molecular formula is C9H16F3NO2. The van der Waals surface area contributed by atoms with E-state index in [1.54, 1.807) is 0 Å². The molecule has 0 aromatic heterocycles. The summed E-state index contributed by atoms with van der Waals surface area (Å²) in [6.07, 6.45) is -2.61. The monoisotopic (exact) mass is 227 g/mol. The number of aliphatic hydroxyl groups excluding tert-OH is 1. The molecular weight excluding hydrogens is 211 g/mol. The van der Waals surface area contributed by atoms with Crippen molar-refractivity contribution in [1.82, 2.24) is 4.90 Å². The molecule has 0 bridgehead atoms. The molecule has 1 aliphatic heterocycles. The van der Waals surface area contributed by atoms with Crippen LogP contribution in [0.5, 0.6) is 0 Å². The zero-order valence-corrected chi connectivity index (χ0v) is 8.46. The summed E-state index contributed by atoms with van der Waals surface area (Å²) < 4.78 is 41.7. The number of rotatable bonds is 5. The third-order valence-corrected chi connectivity index (χ3v) is 2.30. The van der Waals surface area contributed by atoms with Crippen molar-refractivity contribution in [3.8, 4) is 0 Å². The van der Waals surface area contributed by atoms with E-state index in [0.717, 1.165) is 12.8 Å². The summed E-state index contributed by atoms with van der Waals surface area (Å²) in [5, 5.41) is 8.66. The third-order valence-electron chi connectivity index (χ3n) is 2.30. The van der Waals surface area contributed by atoms with Crippen LogP contribution in [0.3, 0.4) is 0 Å². The largest absolute Gasteiger partial charge is 0.401 e. The number of nitrogens with zero attached hydrogens (tertiary/aromatic N) is 1. The summed E-state index contributed by atoms with van der Waals surface area (Å²) in [4.78, 5) is 1.19. The zero-order chi connectivity index (χ0) is 11.3. The van der Waals surface area contributed by atoms with Gasteiger partial charge in [0.15, 0.2) is 0 Å². The fourth-order valence-corrected chi connectivity index (χ4v) is 1.71. The van der Waals surface area contributed by atoms with Gasteiger partial charge in [-0.1, -0.05) is 0 Å². The molecule has 1 fully saturated rings. The van der Waals surface area contributed by atoms with Gasteiger partial charge in [-0.3, -0.25) is 4.90 Å². The third kappa shape index (κ3) is 5.34. The Hall–Kier alpha value is -0.330. The molecule has 0 saturated carbocycles. The van der Waals surface area contributed by atoms with Gasteiger partial charge >= 0.3 is 6.18 Å². The predicted octanol–water partition coefficient (Wildman–Crippen LogP) is 1.02. The Morgan fingerprint density at radius 3 is 2.60 bits per heavy atom. The first-order valence-electron chi connectivity index (χ1n) is 5.03. The number of halogens is 3. The second-order valence-electron chi connectivity index (χ2n) is 3.71. The zero-order valence-electron chi connectivity index (χ0n) is 8.46. The van der Waals surface area contributed by atoms with E-state index in [1.807, 2.05) is 0 Å². The number of hydrogen-bond acceptors (Lipinski definition) is 3. The Morgan fingerprint density at radius 2 is 2.13 bits per heavy atom. The van der Waals surface area contributed by atoms with E-state index in [9.17, 15) is 13.2 Å². The smallest absolute Gasteiger partial charge is 0.395 e. The molecule has 0 aliphatic carbocycles. The van der Waals surface area contributed by atoms with Gasteiger partial charge in [-0.2, -0.15) is 13.2 Å². The average molecular weight is 227 g/mol. The quantitative estimate of drug-likeness (QED) is 0.761. The van der Waals surface area contributed by atoms with Crippen LogP contribution < -0.4 is 0 Å². The van der Waals surface area contributed by atoms with Crippen molar-refractivity contribution >= 4 is 0 Å². The number of aliphatic hydroxyl groups is 1. The molecule has 6 heteroatoms. The van der Waals surface area contributed by atoms with Gasteiger partial charge in [-0.15, -0.1) is 0 Å². The standard InChI is InChI=1S/C9H16F3NO2/c10-9(11,12)7-13(3-4-14)6-8-2-1-5-15-8/h8,14H,1-7H2. The van der Waals surface area contributed by atoms with E-state index < -0.39 is 12.7 Å². The molecule has 0 radical (unpaired) electrons. The van der Waals surface area contributed by atoms with E-state index >= 15 is 0 Å². The number of alkyl halides is 3. The maximum Gasteiger partial charge on any atom is 0.401 e. The molecule has 1 aliphatic rings. The van der Waals surface area contributed by atoms with Crippen LogP contribution in [-0.4, -0.2) is 55.1 Å². The maximum atomic E-state index is 12.1. The van der Waals surface area contributed by atoms with E-state index in [-0.39, 0.29) is 25.8 Å².